The largest absolute Gasteiger partial charge is 1.00 e. The van der Waals surface area contributed by atoms with Crippen molar-refractivity contribution in [3.63, 3.8) is 0 Å². The van der Waals surface area contributed by atoms with Crippen LogP contribution in [0, 0.1) is 17.6 Å². The van der Waals surface area contributed by atoms with E-state index in [-0.39, 0.29) is 46.6 Å². The van der Waals surface area contributed by atoms with Crippen LogP contribution in [-0.2, 0) is 51.1 Å². The summed E-state index contributed by atoms with van der Waals surface area (Å²) in [6.07, 6.45) is 0.734. The van der Waals surface area contributed by atoms with Crippen molar-refractivity contribution < 1.29 is 54.2 Å². The topological polar surface area (TPSA) is 79.1 Å². The Morgan fingerprint density at radius 3 is 2.57 bits per heavy atom. The van der Waals surface area contributed by atoms with E-state index >= 15 is 0 Å². The molecule has 1 aromatic rings. The Hall–Kier alpha value is -1.44. The second-order valence-corrected chi connectivity index (χ2v) is 4.48. The van der Waals surface area contributed by atoms with E-state index in [1.807, 2.05) is 13.8 Å². The molecule has 0 spiro atoms. The van der Waals surface area contributed by atoms with Gasteiger partial charge in [-0.1, -0.05) is 6.92 Å². The summed E-state index contributed by atoms with van der Waals surface area (Å²) in [5.74, 6) is 1.55. The second kappa shape index (κ2) is 14.2. The fraction of sp³-hybridized carbons (Fsp3) is 0.385. The van der Waals surface area contributed by atoms with Gasteiger partial charge in [-0.15, -0.1) is 16.9 Å². The van der Waals surface area contributed by atoms with Gasteiger partial charge in [0.2, 0.25) is 0 Å². The first-order valence-corrected chi connectivity index (χ1v) is 6.81. The number of benzene rings is 1. The number of ether oxygens (including phenoxy) is 2. The zero-order valence-electron chi connectivity index (χ0n) is 13.0. The van der Waals surface area contributed by atoms with Gasteiger partial charge in [0.25, 0.3) is 0 Å². The molecule has 2 radical (unpaired) electrons. The summed E-state index contributed by atoms with van der Waals surface area (Å²) < 4.78 is 13.2. The number of carbonyl (C=O) groups excluding carboxylic acids is 1. The normalized spacial score (nSPS) is 8.65. The smallest absolute Gasteiger partial charge is 0.632 e. The van der Waals surface area contributed by atoms with E-state index in [0.29, 0.717) is 17.7 Å². The average Bonchev–Trinajstić information content (AvgIpc) is 2.45. The van der Waals surface area contributed by atoms with Gasteiger partial charge in [-0.05, 0) is 41.2 Å². The number of aryl methyl sites for hydroxylation is 2. The van der Waals surface area contributed by atoms with Crippen molar-refractivity contribution in [2.45, 2.75) is 20.3 Å². The molecule has 0 aliphatic carbocycles. The van der Waals surface area contributed by atoms with E-state index in [0.717, 1.165) is 29.1 Å². The number of hydrogen-bond acceptors (Lipinski definition) is 6. The van der Waals surface area contributed by atoms with E-state index in [9.17, 15) is 9.70 Å². The molecule has 23 heavy (non-hydrogen) atoms. The van der Waals surface area contributed by atoms with Gasteiger partial charge in [-0.3, -0.25) is 4.79 Å². The predicted molar refractivity (Wildman–Crippen MR) is 78.7 cm³/mol. The van der Waals surface area contributed by atoms with Gasteiger partial charge < -0.3 is 14.8 Å². The third-order valence-corrected chi connectivity index (χ3v) is 2.87. The Labute approximate surface area is 161 Å². The van der Waals surface area contributed by atoms with Crippen molar-refractivity contribution in [1.29, 1.82) is 0 Å². The van der Waals surface area contributed by atoms with Crippen LogP contribution in [0.5, 0.6) is 11.5 Å². The van der Waals surface area contributed by atoms with E-state index in [1.165, 1.54) is 0 Å². The van der Waals surface area contributed by atoms with Gasteiger partial charge in [0.15, 0.2) is 5.97 Å². The number of nitrogens with zero attached hydrogens (tertiary/aromatic N) is 2. The second-order valence-electron chi connectivity index (χ2n) is 3.89. The van der Waals surface area contributed by atoms with Crippen molar-refractivity contribution in [2.24, 2.45) is 4.58 Å². The molecule has 10 heteroatoms. The quantitative estimate of drug-likeness (QED) is 0.100. The van der Waals surface area contributed by atoms with Gasteiger partial charge in [-0.2, -0.15) is 7.05 Å². The Balaban J connectivity index is -0.00000133. The molecule has 0 bridgehead atoms. The predicted octanol–water partition coefficient (Wildman–Crippen LogP) is 3.37. The number of esters is 1. The van der Waals surface area contributed by atoms with Gasteiger partial charge in [0.1, 0.15) is 11.5 Å². The third kappa shape index (κ3) is 8.68. The first-order chi connectivity index (χ1) is 9.62. The van der Waals surface area contributed by atoms with Crippen LogP contribution in [-0.4, -0.2) is 19.7 Å². The van der Waals surface area contributed by atoms with Crippen molar-refractivity contribution >= 4 is 17.9 Å². The maximum Gasteiger partial charge on any atom is 1.00 e. The molecule has 1 aromatic carbocycles. The molecular formula is C13H16N2O4ReRfRuS-. The van der Waals surface area contributed by atoms with Crippen LogP contribution in [0.15, 0.2) is 16.7 Å². The van der Waals surface area contributed by atoms with E-state index in [2.05, 4.69) is 9.90 Å². The van der Waals surface area contributed by atoms with Gasteiger partial charge in [-0.25, -0.2) is 5.75 Å². The van der Waals surface area contributed by atoms with Crippen LogP contribution >= 0.6 is 11.9 Å². The summed E-state index contributed by atoms with van der Waals surface area (Å²) in [6, 6.07) is 3.56. The molecule has 6 nitrogen and oxygen atoms in total. The van der Waals surface area contributed by atoms with E-state index < -0.39 is 5.97 Å². The Kier molecular flexibility index (Phi) is 16.3. The maximum atomic E-state index is 11.4. The number of carbonyl (C=O) groups is 1. The van der Waals surface area contributed by atoms with Crippen molar-refractivity contribution in [3.05, 3.63) is 39.2 Å². The van der Waals surface area contributed by atoms with Crippen molar-refractivity contribution in [1.82, 2.24) is 0 Å². The maximum absolute atomic E-state index is 11.4. The molecule has 0 saturated carbocycles. The van der Waals surface area contributed by atoms with Crippen LogP contribution in [0.1, 0.15) is 18.1 Å². The van der Waals surface area contributed by atoms with Crippen LogP contribution in [0.4, 0.5) is 0 Å². The summed E-state index contributed by atoms with van der Waals surface area (Å²) in [6.45, 7) is 4.06. The Bertz CT molecular complexity index is 497. The SMILES string of the molecule is CCc1cc(OC(=O)[CH-]SN=O)c(C)cc1OC[N-]C.[Re].[Rf].[Ru+]. The van der Waals surface area contributed by atoms with Crippen molar-refractivity contribution in [2.75, 3.05) is 13.8 Å². The molecule has 1 rings (SSSR count). The molecule has 0 aliphatic rings. The van der Waals surface area contributed by atoms with Gasteiger partial charge in [0, 0.05) is 27.2 Å². The summed E-state index contributed by atoms with van der Waals surface area (Å²) in [7, 11) is 1.67. The fourth-order valence-electron chi connectivity index (χ4n) is 1.56. The number of rotatable bonds is 8. The van der Waals surface area contributed by atoms with Crippen LogP contribution in [0.2, 0.25) is 0 Å². The van der Waals surface area contributed by atoms with Gasteiger partial charge in [0.05, 0.1) is 0 Å². The summed E-state index contributed by atoms with van der Waals surface area (Å²) in [5, 5.41) is 3.89. The van der Waals surface area contributed by atoms with E-state index in [4.69, 9.17) is 9.47 Å². The van der Waals surface area contributed by atoms with Gasteiger partial charge >= 0.3 is 19.5 Å². The Morgan fingerprint density at radius 1 is 1.39 bits per heavy atom. The van der Waals surface area contributed by atoms with E-state index in [1.54, 1.807) is 19.2 Å². The minimum atomic E-state index is -0.628. The molecule has 0 unspecified atom stereocenters. The molecule has 126 valence electrons. The molecule has 0 fully saturated rings. The molecule has 0 amide bonds. The monoisotopic (exact) mass is 852 g/mol. The molecule has 0 aromatic heterocycles. The summed E-state index contributed by atoms with van der Waals surface area (Å²) in [5.41, 5.74) is 1.68. The number of hydrogen-bond donors (Lipinski definition) is 0. The molecule has 0 atom stereocenters. The minimum Gasteiger partial charge on any atom is -0.632 e. The molecule has 0 N–H and O–H groups in total. The fourth-order valence-corrected chi connectivity index (χ4v) is 1.73. The van der Waals surface area contributed by atoms with Crippen LogP contribution in [0.25, 0.3) is 5.32 Å². The Morgan fingerprint density at radius 2 is 2.04 bits per heavy atom. The number of nitroso groups, excluding NO2 is 1. The zero-order chi connectivity index (χ0) is 15.0. The summed E-state index contributed by atoms with van der Waals surface area (Å²) in [4.78, 5) is 21.4. The van der Waals surface area contributed by atoms with Crippen LogP contribution < -0.4 is 9.47 Å². The first-order valence-electron chi connectivity index (χ1n) is 5.97. The zero-order valence-corrected chi connectivity index (χ0v) is 24.7. The molecule has 0 aliphatic heterocycles. The van der Waals surface area contributed by atoms with Crippen molar-refractivity contribution in [3.8, 4) is 11.5 Å². The minimum absolute atomic E-state index is 0. The third-order valence-electron chi connectivity index (χ3n) is 2.49. The average molecular weight is 851 g/mol. The van der Waals surface area contributed by atoms with Crippen LogP contribution in [0.3, 0.4) is 0 Å². The molecule has 0 saturated heterocycles. The standard InChI is InChI=1S/C13H16N2O4S.Re.Rf.Ru/c1-4-10-6-11(19-13(16)7-20-15-17)9(2)5-12(10)18-8-14-3;;;/h5-7H,4,8H2,1-3H3;;;/q-2;;;+1. The molecular weight excluding hydrogens is 834 g/mol. The summed E-state index contributed by atoms with van der Waals surface area (Å²) >= 11 is 0.498. The molecule has 0 heterocycles. The first kappa shape index (κ1) is 26.5.